The lowest BCUT2D eigenvalue weighted by molar-refractivity contribution is 0.109. The summed E-state index contributed by atoms with van der Waals surface area (Å²) < 4.78 is 6.10. The van der Waals surface area contributed by atoms with Crippen LogP contribution in [0.5, 0.6) is 0 Å². The Bertz CT molecular complexity index is 654. The summed E-state index contributed by atoms with van der Waals surface area (Å²) in [6, 6.07) is 21.5. The van der Waals surface area contributed by atoms with E-state index in [4.69, 9.17) is 9.73 Å². The van der Waals surface area contributed by atoms with E-state index in [0.29, 0.717) is 11.9 Å². The molecule has 3 heteroatoms. The van der Waals surface area contributed by atoms with Gasteiger partial charge >= 0.3 is 0 Å². The molecule has 4 rings (SSSR count). The Kier molecular flexibility index (Phi) is 3.55. The van der Waals surface area contributed by atoms with Crippen molar-refractivity contribution in [2.75, 3.05) is 5.32 Å². The molecule has 0 saturated heterocycles. The third-order valence-corrected chi connectivity index (χ3v) is 4.59. The molecule has 1 aliphatic heterocycles. The van der Waals surface area contributed by atoms with Crippen LogP contribution in [-0.4, -0.2) is 12.1 Å². The fraction of sp³-hybridized carbons (Fsp3) is 0.316. The molecule has 0 radical (unpaired) electrons. The maximum absolute atomic E-state index is 6.10. The number of para-hydroxylation sites is 1. The molecule has 0 spiro atoms. The van der Waals surface area contributed by atoms with Crippen molar-refractivity contribution in [3.05, 3.63) is 66.2 Å². The molecule has 22 heavy (non-hydrogen) atoms. The molecule has 0 amide bonds. The lowest BCUT2D eigenvalue weighted by Crippen LogP contribution is -2.35. The van der Waals surface area contributed by atoms with Crippen LogP contribution in [0.1, 0.15) is 30.9 Å². The average molecular weight is 292 g/mol. The van der Waals surface area contributed by atoms with Crippen molar-refractivity contribution >= 4 is 11.7 Å². The lowest BCUT2D eigenvalue weighted by Gasteiger charge is -2.32. The van der Waals surface area contributed by atoms with E-state index in [1.807, 2.05) is 30.3 Å². The van der Waals surface area contributed by atoms with Crippen molar-refractivity contribution < 1.29 is 4.74 Å². The zero-order chi connectivity index (χ0) is 14.8. The first kappa shape index (κ1) is 13.4. The summed E-state index contributed by atoms with van der Waals surface area (Å²) in [5.74, 6) is 0.503. The van der Waals surface area contributed by atoms with E-state index < -0.39 is 0 Å². The van der Waals surface area contributed by atoms with Crippen LogP contribution in [0.4, 0.5) is 5.69 Å². The Labute approximate surface area is 131 Å². The molecule has 3 atom stereocenters. The van der Waals surface area contributed by atoms with Crippen molar-refractivity contribution in [3.8, 4) is 0 Å². The summed E-state index contributed by atoms with van der Waals surface area (Å²) in [5.41, 5.74) is 2.31. The van der Waals surface area contributed by atoms with Crippen molar-refractivity contribution in [1.29, 1.82) is 0 Å². The molecule has 0 bridgehead atoms. The number of benzene rings is 2. The van der Waals surface area contributed by atoms with Gasteiger partial charge in [-0.25, -0.2) is 4.99 Å². The van der Waals surface area contributed by atoms with Crippen molar-refractivity contribution in [2.45, 2.75) is 31.4 Å². The summed E-state index contributed by atoms with van der Waals surface area (Å²) in [7, 11) is 0. The molecule has 3 nitrogen and oxygen atoms in total. The van der Waals surface area contributed by atoms with Crippen LogP contribution < -0.4 is 5.32 Å². The van der Waals surface area contributed by atoms with Crippen molar-refractivity contribution in [2.24, 2.45) is 10.9 Å². The molecular weight excluding hydrogens is 272 g/mol. The highest BCUT2D eigenvalue weighted by molar-refractivity contribution is 5.89. The molecule has 0 unspecified atom stereocenters. The van der Waals surface area contributed by atoms with E-state index in [0.717, 1.165) is 12.1 Å². The third kappa shape index (κ3) is 2.59. The second-order valence-electron chi connectivity index (χ2n) is 6.03. The van der Waals surface area contributed by atoms with Gasteiger partial charge in [0.15, 0.2) is 0 Å². The number of aliphatic imine (C=N–C) groups is 1. The van der Waals surface area contributed by atoms with Gasteiger partial charge in [-0.05, 0) is 37.0 Å². The summed E-state index contributed by atoms with van der Waals surface area (Å²) in [6.45, 7) is 0. The molecule has 1 heterocycles. The summed E-state index contributed by atoms with van der Waals surface area (Å²) in [4.78, 5) is 4.87. The number of ether oxygens (including phenoxy) is 1. The smallest absolute Gasteiger partial charge is 0.290 e. The van der Waals surface area contributed by atoms with E-state index >= 15 is 0 Å². The number of anilines is 1. The van der Waals surface area contributed by atoms with E-state index in [1.54, 1.807) is 0 Å². The van der Waals surface area contributed by atoms with Gasteiger partial charge in [0.1, 0.15) is 6.10 Å². The molecule has 1 N–H and O–H groups in total. The van der Waals surface area contributed by atoms with Crippen molar-refractivity contribution in [1.82, 2.24) is 0 Å². The van der Waals surface area contributed by atoms with Crippen LogP contribution in [0, 0.1) is 5.92 Å². The fourth-order valence-electron chi connectivity index (χ4n) is 3.54. The normalized spacial score (nSPS) is 26.7. The number of fused-ring (bicyclic) bond motifs is 1. The van der Waals surface area contributed by atoms with Gasteiger partial charge in [0.05, 0.1) is 6.04 Å². The highest BCUT2D eigenvalue weighted by Crippen LogP contribution is 2.42. The van der Waals surface area contributed by atoms with Crippen LogP contribution in [0.15, 0.2) is 65.7 Å². The van der Waals surface area contributed by atoms with Gasteiger partial charge in [0.2, 0.25) is 0 Å². The second-order valence-corrected chi connectivity index (χ2v) is 6.03. The number of rotatable bonds is 2. The third-order valence-electron chi connectivity index (χ3n) is 4.59. The summed E-state index contributed by atoms with van der Waals surface area (Å²) >= 11 is 0. The highest BCUT2D eigenvalue weighted by atomic mass is 16.5. The van der Waals surface area contributed by atoms with Gasteiger partial charge in [0, 0.05) is 11.6 Å². The zero-order valence-electron chi connectivity index (χ0n) is 12.5. The molecular formula is C19H20N2O. The maximum atomic E-state index is 6.10. The Morgan fingerprint density at radius 2 is 1.64 bits per heavy atom. The molecule has 1 saturated carbocycles. The summed E-state index contributed by atoms with van der Waals surface area (Å²) in [5, 5.41) is 3.32. The second kappa shape index (κ2) is 5.84. The van der Waals surface area contributed by atoms with E-state index in [9.17, 15) is 0 Å². The van der Waals surface area contributed by atoms with E-state index in [1.165, 1.54) is 18.4 Å². The maximum Gasteiger partial charge on any atom is 0.290 e. The minimum atomic E-state index is 0.202. The predicted octanol–water partition coefficient (Wildman–Crippen LogP) is 4.39. The largest absolute Gasteiger partial charge is 0.461 e. The first-order valence-electron chi connectivity index (χ1n) is 8.01. The Morgan fingerprint density at radius 3 is 2.41 bits per heavy atom. The quantitative estimate of drug-likeness (QED) is 0.890. The molecule has 2 aromatic carbocycles. The molecule has 0 aromatic heterocycles. The molecule has 2 aliphatic rings. The van der Waals surface area contributed by atoms with Gasteiger partial charge < -0.3 is 10.1 Å². The highest BCUT2D eigenvalue weighted by Gasteiger charge is 2.40. The number of hydrogen-bond acceptors (Lipinski definition) is 3. The molecule has 1 fully saturated rings. The van der Waals surface area contributed by atoms with Crippen LogP contribution in [0.3, 0.4) is 0 Å². The number of hydrogen-bond donors (Lipinski definition) is 1. The molecule has 2 aromatic rings. The van der Waals surface area contributed by atoms with Crippen LogP contribution >= 0.6 is 0 Å². The number of nitrogens with zero attached hydrogens (tertiary/aromatic N) is 1. The minimum Gasteiger partial charge on any atom is -0.461 e. The van der Waals surface area contributed by atoms with Crippen molar-refractivity contribution in [3.63, 3.8) is 0 Å². The first-order valence-corrected chi connectivity index (χ1v) is 8.01. The van der Waals surface area contributed by atoms with Gasteiger partial charge in [-0.1, -0.05) is 48.5 Å². The molecule has 112 valence electrons. The Balaban J connectivity index is 1.64. The Morgan fingerprint density at radius 1 is 0.909 bits per heavy atom. The van der Waals surface area contributed by atoms with Crippen LogP contribution in [0.2, 0.25) is 0 Å². The zero-order valence-corrected chi connectivity index (χ0v) is 12.5. The fourth-order valence-corrected chi connectivity index (χ4v) is 3.54. The van der Waals surface area contributed by atoms with E-state index in [2.05, 4.69) is 35.6 Å². The minimum absolute atomic E-state index is 0.202. The Hall–Kier alpha value is -2.29. The first-order chi connectivity index (χ1) is 10.9. The van der Waals surface area contributed by atoms with Gasteiger partial charge in [-0.2, -0.15) is 0 Å². The lowest BCUT2D eigenvalue weighted by atomic mass is 9.90. The van der Waals surface area contributed by atoms with Crippen LogP contribution in [-0.2, 0) is 4.74 Å². The number of nitrogens with one attached hydrogen (secondary N) is 1. The van der Waals surface area contributed by atoms with Gasteiger partial charge in [-0.3, -0.25) is 0 Å². The van der Waals surface area contributed by atoms with Gasteiger partial charge in [-0.15, -0.1) is 0 Å². The standard InChI is InChI=1S/C19H20N2O/c1-3-8-14(9-4-1)18-16-12-7-13-17(16)22-19(21-18)20-15-10-5-2-6-11-15/h1-6,8-11,16-18H,7,12-13H2,(H,20,21)/t16-,17+,18-/m0/s1. The average Bonchev–Trinajstić information content (AvgIpc) is 3.04. The number of amidine groups is 1. The SMILES string of the molecule is c1ccc(NC2=N[C@@H](c3ccccc3)[C@H]3CCC[C@H]3O2)cc1. The topological polar surface area (TPSA) is 33.6 Å². The van der Waals surface area contributed by atoms with Crippen LogP contribution in [0.25, 0.3) is 0 Å². The monoisotopic (exact) mass is 292 g/mol. The van der Waals surface area contributed by atoms with Gasteiger partial charge in [0.25, 0.3) is 6.02 Å². The molecule has 1 aliphatic carbocycles. The van der Waals surface area contributed by atoms with E-state index in [-0.39, 0.29) is 12.1 Å². The predicted molar refractivity (Wildman–Crippen MR) is 88.9 cm³/mol. The summed E-state index contributed by atoms with van der Waals surface area (Å²) in [6.07, 6.45) is 3.84.